The minimum absolute atomic E-state index is 0.00271. The van der Waals surface area contributed by atoms with E-state index in [4.69, 9.17) is 11.0 Å². The molecule has 3 N–H and O–H groups in total. The van der Waals surface area contributed by atoms with E-state index < -0.39 is 11.2 Å². The third-order valence-corrected chi connectivity index (χ3v) is 3.85. The second-order valence-corrected chi connectivity index (χ2v) is 5.78. The zero-order valence-electron chi connectivity index (χ0n) is 15.0. The molecule has 1 amide bonds. The molecule has 0 aliphatic heterocycles. The number of nitrogens with two attached hydrogens (primary N) is 1. The van der Waals surface area contributed by atoms with Gasteiger partial charge in [-0.05, 0) is 20.4 Å². The smallest absolute Gasteiger partial charge is 0.330 e. The lowest BCUT2D eigenvalue weighted by Crippen LogP contribution is -2.44. The molecule has 0 aliphatic carbocycles. The summed E-state index contributed by atoms with van der Waals surface area (Å²) in [4.78, 5) is 42.0. The van der Waals surface area contributed by atoms with Crippen LogP contribution in [0, 0.1) is 11.3 Å². The van der Waals surface area contributed by atoms with Crippen LogP contribution < -0.4 is 21.9 Å². The average Bonchev–Trinajstić information content (AvgIpc) is 2.56. The molecule has 0 atom stereocenters. The van der Waals surface area contributed by atoms with Gasteiger partial charge in [-0.3, -0.25) is 24.0 Å². The molecule has 0 spiro atoms. The fraction of sp³-hybridized carbons (Fsp3) is 0.625. The lowest BCUT2D eigenvalue weighted by Gasteiger charge is -2.25. The number of nitrogens with zero attached hydrogens (tertiary/aromatic N) is 4. The first-order valence-electron chi connectivity index (χ1n) is 8.35. The first kappa shape index (κ1) is 20.4. The van der Waals surface area contributed by atoms with E-state index >= 15 is 0 Å². The number of carbonyl (C=O) groups is 1. The van der Waals surface area contributed by atoms with Crippen LogP contribution in [0.25, 0.3) is 0 Å². The number of carbonyl (C=O) groups excluding carboxylic acids is 1. The molecule has 0 aliphatic rings. The van der Waals surface area contributed by atoms with Crippen molar-refractivity contribution in [2.75, 3.05) is 37.3 Å². The Kier molecular flexibility index (Phi) is 7.88. The van der Waals surface area contributed by atoms with Gasteiger partial charge in [0.05, 0.1) is 12.6 Å². The predicted molar refractivity (Wildman–Crippen MR) is 96.4 cm³/mol. The van der Waals surface area contributed by atoms with Crippen molar-refractivity contribution >= 4 is 17.4 Å². The van der Waals surface area contributed by atoms with E-state index in [1.54, 1.807) is 18.9 Å². The Balaban J connectivity index is 3.18. The molecule has 0 radical (unpaired) electrons. The Morgan fingerprint density at radius 1 is 1.36 bits per heavy atom. The zero-order chi connectivity index (χ0) is 19.0. The highest BCUT2D eigenvalue weighted by Crippen LogP contribution is 2.17. The maximum absolute atomic E-state index is 12.6. The van der Waals surface area contributed by atoms with Gasteiger partial charge in [0.25, 0.3) is 5.56 Å². The van der Waals surface area contributed by atoms with Gasteiger partial charge in [-0.2, -0.15) is 5.26 Å². The van der Waals surface area contributed by atoms with Crippen molar-refractivity contribution in [2.24, 2.45) is 0 Å². The number of H-pyrrole nitrogens is 1. The van der Waals surface area contributed by atoms with E-state index in [2.05, 4.69) is 4.98 Å². The van der Waals surface area contributed by atoms with Crippen molar-refractivity contribution in [3.8, 4) is 6.07 Å². The van der Waals surface area contributed by atoms with Crippen molar-refractivity contribution in [1.29, 1.82) is 5.26 Å². The van der Waals surface area contributed by atoms with Crippen LogP contribution in [-0.4, -0.2) is 47.0 Å². The highest BCUT2D eigenvalue weighted by atomic mass is 16.2. The van der Waals surface area contributed by atoms with Crippen LogP contribution >= 0.6 is 0 Å². The summed E-state index contributed by atoms with van der Waals surface area (Å²) in [6, 6.07) is 2.02. The molecule has 0 aromatic carbocycles. The lowest BCUT2D eigenvalue weighted by molar-refractivity contribution is -0.119. The van der Waals surface area contributed by atoms with Crippen LogP contribution in [0.1, 0.15) is 33.1 Å². The molecule has 1 aromatic rings. The maximum atomic E-state index is 12.6. The summed E-state index contributed by atoms with van der Waals surface area (Å²) in [5, 5.41) is 8.62. The Bertz CT molecular complexity index is 746. The normalized spacial score (nSPS) is 10.7. The minimum atomic E-state index is -0.676. The van der Waals surface area contributed by atoms with Gasteiger partial charge >= 0.3 is 5.69 Å². The third-order valence-electron chi connectivity index (χ3n) is 3.85. The number of nitrogen functional groups attached to an aromatic ring is 1. The van der Waals surface area contributed by atoms with Crippen molar-refractivity contribution in [3.63, 3.8) is 0 Å². The summed E-state index contributed by atoms with van der Waals surface area (Å²) >= 11 is 0. The van der Waals surface area contributed by atoms with Crippen LogP contribution in [0.15, 0.2) is 9.59 Å². The number of nitrogens with one attached hydrogen (secondary N) is 1. The number of aromatic nitrogens is 2. The second kappa shape index (κ2) is 9.64. The van der Waals surface area contributed by atoms with Crippen LogP contribution in [0.4, 0.5) is 11.5 Å². The van der Waals surface area contributed by atoms with Gasteiger partial charge < -0.3 is 10.6 Å². The SMILES string of the molecule is CCCCn1c(N)c(N(CC)C(=O)CN(C)CCC#N)c(=O)[nH]c1=O. The first-order valence-corrected chi connectivity index (χ1v) is 8.35. The van der Waals surface area contributed by atoms with Gasteiger partial charge in [0.2, 0.25) is 5.91 Å². The Labute approximate surface area is 146 Å². The monoisotopic (exact) mass is 350 g/mol. The summed E-state index contributed by atoms with van der Waals surface area (Å²) in [6.07, 6.45) is 1.90. The lowest BCUT2D eigenvalue weighted by atomic mass is 10.3. The highest BCUT2D eigenvalue weighted by molar-refractivity contribution is 5.96. The van der Waals surface area contributed by atoms with Crippen LogP contribution in [0.5, 0.6) is 0 Å². The molecular weight excluding hydrogens is 324 g/mol. The predicted octanol–water partition coefficient (Wildman–Crippen LogP) is 0.117. The maximum Gasteiger partial charge on any atom is 0.330 e. The molecule has 0 unspecified atom stereocenters. The summed E-state index contributed by atoms with van der Waals surface area (Å²) < 4.78 is 1.29. The number of likely N-dealkylation sites (N-methyl/N-ethyl adjacent to an activating group) is 2. The molecule has 1 heterocycles. The summed E-state index contributed by atoms with van der Waals surface area (Å²) in [7, 11) is 1.72. The molecule has 1 rings (SSSR count). The zero-order valence-corrected chi connectivity index (χ0v) is 15.0. The number of nitriles is 1. The largest absolute Gasteiger partial charge is 0.383 e. The van der Waals surface area contributed by atoms with Gasteiger partial charge in [0.15, 0.2) is 5.69 Å². The number of anilines is 2. The van der Waals surface area contributed by atoms with Crippen LogP contribution in [-0.2, 0) is 11.3 Å². The molecule has 9 nitrogen and oxygen atoms in total. The highest BCUT2D eigenvalue weighted by Gasteiger charge is 2.23. The summed E-state index contributed by atoms with van der Waals surface area (Å²) in [5.74, 6) is -0.321. The van der Waals surface area contributed by atoms with Crippen molar-refractivity contribution < 1.29 is 4.79 Å². The molecule has 1 aromatic heterocycles. The van der Waals surface area contributed by atoms with Crippen molar-refractivity contribution in [3.05, 3.63) is 20.8 Å². The summed E-state index contributed by atoms with van der Waals surface area (Å²) in [6.45, 7) is 4.81. The second-order valence-electron chi connectivity index (χ2n) is 5.78. The van der Waals surface area contributed by atoms with Gasteiger partial charge in [0, 0.05) is 26.1 Å². The van der Waals surface area contributed by atoms with Crippen molar-refractivity contribution in [1.82, 2.24) is 14.5 Å². The Morgan fingerprint density at radius 3 is 2.60 bits per heavy atom. The Hall–Kier alpha value is -2.60. The number of hydrogen-bond donors (Lipinski definition) is 2. The molecule has 0 saturated heterocycles. The number of aromatic amines is 1. The van der Waals surface area contributed by atoms with Gasteiger partial charge in [-0.15, -0.1) is 0 Å². The molecule has 0 saturated carbocycles. The van der Waals surface area contributed by atoms with Crippen molar-refractivity contribution in [2.45, 2.75) is 39.7 Å². The standard InChI is InChI=1S/C16H26N6O3/c1-4-6-10-22-14(18)13(15(24)19-16(22)25)21(5-2)12(23)11-20(3)9-7-8-17/h4-7,9-11,18H2,1-3H3,(H,19,24,25). The van der Waals surface area contributed by atoms with E-state index in [9.17, 15) is 14.4 Å². The Morgan fingerprint density at radius 2 is 2.04 bits per heavy atom. The molecule has 9 heteroatoms. The quantitative estimate of drug-likeness (QED) is 0.651. The fourth-order valence-electron chi connectivity index (χ4n) is 2.47. The minimum Gasteiger partial charge on any atom is -0.383 e. The third kappa shape index (κ3) is 5.19. The molecule has 0 fully saturated rings. The average molecular weight is 350 g/mol. The summed E-state index contributed by atoms with van der Waals surface area (Å²) in [5.41, 5.74) is 4.79. The van der Waals surface area contributed by atoms with E-state index in [-0.39, 0.29) is 30.5 Å². The molecule has 0 bridgehead atoms. The molecule has 138 valence electrons. The van der Waals surface area contributed by atoms with Crippen LogP contribution in [0.3, 0.4) is 0 Å². The van der Waals surface area contributed by atoms with Crippen LogP contribution in [0.2, 0.25) is 0 Å². The van der Waals surface area contributed by atoms with E-state index in [0.717, 1.165) is 12.8 Å². The number of hydrogen-bond acceptors (Lipinski definition) is 6. The topological polar surface area (TPSA) is 128 Å². The number of rotatable bonds is 9. The molecule has 25 heavy (non-hydrogen) atoms. The van der Waals surface area contributed by atoms with Gasteiger partial charge in [0.1, 0.15) is 5.82 Å². The molecular formula is C16H26N6O3. The van der Waals surface area contributed by atoms with E-state index in [0.29, 0.717) is 19.5 Å². The number of unbranched alkanes of at least 4 members (excludes halogenated alkanes) is 1. The van der Waals surface area contributed by atoms with Gasteiger partial charge in [-0.1, -0.05) is 13.3 Å². The van der Waals surface area contributed by atoms with E-state index in [1.165, 1.54) is 9.47 Å². The van der Waals surface area contributed by atoms with Gasteiger partial charge in [-0.25, -0.2) is 4.79 Å². The van der Waals surface area contributed by atoms with E-state index in [1.807, 2.05) is 13.0 Å². The number of amides is 1. The first-order chi connectivity index (χ1) is 11.9. The fourth-order valence-corrected chi connectivity index (χ4v) is 2.47.